The van der Waals surface area contributed by atoms with Crippen molar-refractivity contribution in [3.05, 3.63) is 22.2 Å². The lowest BCUT2D eigenvalue weighted by atomic mass is 10.2. The lowest BCUT2D eigenvalue weighted by Crippen LogP contribution is -2.41. The van der Waals surface area contributed by atoms with E-state index in [1.807, 2.05) is 19.1 Å². The van der Waals surface area contributed by atoms with E-state index < -0.39 is 0 Å². The van der Waals surface area contributed by atoms with Crippen LogP contribution in [0.5, 0.6) is 11.5 Å². The summed E-state index contributed by atoms with van der Waals surface area (Å²) in [5.74, 6) is 1.54. The molecule has 0 spiro atoms. The number of fused-ring (bicyclic) bond motifs is 1. The van der Waals surface area contributed by atoms with Crippen LogP contribution in [-0.2, 0) is 11.3 Å². The molecule has 0 fully saturated rings. The number of nitrogens with one attached hydrogen (secondary N) is 1. The van der Waals surface area contributed by atoms with Crippen molar-refractivity contribution in [2.24, 2.45) is 0 Å². The molecule has 0 saturated heterocycles. The van der Waals surface area contributed by atoms with E-state index in [0.29, 0.717) is 6.54 Å². The molecule has 0 aromatic heterocycles. The molecule has 0 aliphatic carbocycles. The Labute approximate surface area is 121 Å². The van der Waals surface area contributed by atoms with Crippen LogP contribution in [0.3, 0.4) is 0 Å². The number of benzene rings is 1. The molecule has 0 saturated carbocycles. The quantitative estimate of drug-likeness (QED) is 0.914. The Morgan fingerprint density at radius 2 is 2.05 bits per heavy atom. The number of carbonyl (C=O) groups is 1. The number of ether oxygens (including phenoxy) is 2. The third kappa shape index (κ3) is 3.19. The summed E-state index contributed by atoms with van der Waals surface area (Å²) in [5, 5.41) is 3.19. The molecule has 1 heterocycles. The molecular formula is C13H17BrN2O3. The highest BCUT2D eigenvalue weighted by atomic mass is 79.9. The van der Waals surface area contributed by atoms with E-state index in [0.717, 1.165) is 21.5 Å². The summed E-state index contributed by atoms with van der Waals surface area (Å²) in [7, 11) is 3.49. The summed E-state index contributed by atoms with van der Waals surface area (Å²) in [4.78, 5) is 13.3. The van der Waals surface area contributed by atoms with Crippen molar-refractivity contribution in [2.45, 2.75) is 19.5 Å². The second-order valence-electron chi connectivity index (χ2n) is 4.63. The number of likely N-dealkylation sites (N-methyl/N-ethyl adjacent to an activating group) is 1. The molecule has 104 valence electrons. The van der Waals surface area contributed by atoms with E-state index in [-0.39, 0.29) is 18.7 Å². The lowest BCUT2D eigenvalue weighted by Gasteiger charge is -2.18. The molecule has 1 amide bonds. The van der Waals surface area contributed by atoms with E-state index in [2.05, 4.69) is 21.2 Å². The van der Waals surface area contributed by atoms with Gasteiger partial charge in [0, 0.05) is 25.1 Å². The van der Waals surface area contributed by atoms with Gasteiger partial charge in [-0.3, -0.25) is 4.79 Å². The van der Waals surface area contributed by atoms with Crippen molar-refractivity contribution in [1.82, 2.24) is 10.2 Å². The van der Waals surface area contributed by atoms with Crippen LogP contribution in [0.1, 0.15) is 12.5 Å². The zero-order valence-corrected chi connectivity index (χ0v) is 12.8. The molecule has 1 aromatic rings. The monoisotopic (exact) mass is 328 g/mol. The fraction of sp³-hybridized carbons (Fsp3) is 0.462. The minimum Gasteiger partial charge on any atom is -0.454 e. The maximum Gasteiger partial charge on any atom is 0.238 e. The first kappa shape index (κ1) is 14.1. The number of hydrogen-bond acceptors (Lipinski definition) is 4. The zero-order chi connectivity index (χ0) is 14.0. The van der Waals surface area contributed by atoms with E-state index in [4.69, 9.17) is 9.47 Å². The van der Waals surface area contributed by atoms with Gasteiger partial charge in [-0.05, 0) is 24.6 Å². The third-order valence-corrected chi connectivity index (χ3v) is 3.69. The molecular weight excluding hydrogens is 312 g/mol. The summed E-state index contributed by atoms with van der Waals surface area (Å²) < 4.78 is 11.6. The number of rotatable bonds is 4. The van der Waals surface area contributed by atoms with Gasteiger partial charge in [-0.2, -0.15) is 0 Å². The Morgan fingerprint density at radius 1 is 1.42 bits per heavy atom. The topological polar surface area (TPSA) is 50.8 Å². The van der Waals surface area contributed by atoms with Gasteiger partial charge in [0.25, 0.3) is 0 Å². The van der Waals surface area contributed by atoms with E-state index >= 15 is 0 Å². The van der Waals surface area contributed by atoms with Gasteiger partial charge < -0.3 is 19.7 Å². The van der Waals surface area contributed by atoms with Gasteiger partial charge in [0.15, 0.2) is 11.5 Å². The normalized spacial score (nSPS) is 14.3. The van der Waals surface area contributed by atoms with E-state index in [9.17, 15) is 4.79 Å². The number of halogens is 1. The van der Waals surface area contributed by atoms with E-state index in [1.165, 1.54) is 0 Å². The Balaban J connectivity index is 2.02. The predicted octanol–water partition coefficient (Wildman–Crippen LogP) is 1.74. The van der Waals surface area contributed by atoms with Crippen molar-refractivity contribution in [3.63, 3.8) is 0 Å². The van der Waals surface area contributed by atoms with Crippen molar-refractivity contribution >= 4 is 21.8 Å². The molecule has 1 aliphatic rings. The highest BCUT2D eigenvalue weighted by Crippen LogP contribution is 2.36. The molecule has 1 N–H and O–H groups in total. The molecule has 1 aliphatic heterocycles. The third-order valence-electron chi connectivity index (χ3n) is 2.95. The number of carbonyl (C=O) groups excluding carboxylic acids is 1. The average molecular weight is 329 g/mol. The number of nitrogens with zero attached hydrogens (tertiary/aromatic N) is 1. The van der Waals surface area contributed by atoms with Gasteiger partial charge in [0.2, 0.25) is 12.7 Å². The van der Waals surface area contributed by atoms with Gasteiger partial charge in [-0.15, -0.1) is 0 Å². The first-order valence-electron chi connectivity index (χ1n) is 6.01. The molecule has 0 bridgehead atoms. The predicted molar refractivity (Wildman–Crippen MR) is 75.3 cm³/mol. The van der Waals surface area contributed by atoms with Gasteiger partial charge in [-0.25, -0.2) is 0 Å². The maximum absolute atomic E-state index is 11.7. The number of amides is 1. The molecule has 1 atom stereocenters. The minimum atomic E-state index is -0.229. The van der Waals surface area contributed by atoms with Crippen molar-refractivity contribution in [3.8, 4) is 11.5 Å². The van der Waals surface area contributed by atoms with Gasteiger partial charge >= 0.3 is 0 Å². The van der Waals surface area contributed by atoms with Crippen LogP contribution < -0.4 is 14.8 Å². The van der Waals surface area contributed by atoms with Crippen LogP contribution in [0, 0.1) is 0 Å². The Kier molecular flexibility index (Phi) is 4.31. The Hall–Kier alpha value is -1.27. The molecule has 1 aromatic carbocycles. The molecule has 2 rings (SSSR count). The first-order valence-corrected chi connectivity index (χ1v) is 6.81. The van der Waals surface area contributed by atoms with Crippen LogP contribution in [0.15, 0.2) is 16.6 Å². The van der Waals surface area contributed by atoms with Crippen LogP contribution in [0.25, 0.3) is 0 Å². The van der Waals surface area contributed by atoms with Gasteiger partial charge in [0.05, 0.1) is 6.04 Å². The fourth-order valence-electron chi connectivity index (χ4n) is 1.83. The highest BCUT2D eigenvalue weighted by Gasteiger charge is 2.18. The van der Waals surface area contributed by atoms with Crippen LogP contribution >= 0.6 is 15.9 Å². The smallest absolute Gasteiger partial charge is 0.238 e. The number of hydrogen-bond donors (Lipinski definition) is 1. The Morgan fingerprint density at radius 3 is 2.68 bits per heavy atom. The molecule has 5 nitrogen and oxygen atoms in total. The maximum atomic E-state index is 11.7. The second kappa shape index (κ2) is 5.79. The standard InChI is InChI=1S/C13H17BrN2O3/c1-8(13(17)16(2)3)15-6-9-4-11-12(5-10(9)14)19-7-18-11/h4-5,8,15H,6-7H2,1-3H3. The second-order valence-corrected chi connectivity index (χ2v) is 5.49. The van der Waals surface area contributed by atoms with Gasteiger partial charge in [-0.1, -0.05) is 15.9 Å². The zero-order valence-electron chi connectivity index (χ0n) is 11.2. The molecule has 1 unspecified atom stereocenters. The summed E-state index contributed by atoms with van der Waals surface area (Å²) in [5.41, 5.74) is 1.03. The summed E-state index contributed by atoms with van der Waals surface area (Å²) in [6.07, 6.45) is 0. The minimum absolute atomic E-state index is 0.0527. The lowest BCUT2D eigenvalue weighted by molar-refractivity contribution is -0.130. The van der Waals surface area contributed by atoms with E-state index in [1.54, 1.807) is 19.0 Å². The van der Waals surface area contributed by atoms with Crippen molar-refractivity contribution in [1.29, 1.82) is 0 Å². The largest absolute Gasteiger partial charge is 0.454 e. The highest BCUT2D eigenvalue weighted by molar-refractivity contribution is 9.10. The first-order chi connectivity index (χ1) is 8.99. The average Bonchev–Trinajstić information content (AvgIpc) is 2.81. The van der Waals surface area contributed by atoms with Crippen LogP contribution in [-0.4, -0.2) is 37.7 Å². The fourth-order valence-corrected chi connectivity index (χ4v) is 2.29. The summed E-state index contributed by atoms with van der Waals surface area (Å²) >= 11 is 3.50. The Bertz CT molecular complexity index is 491. The SMILES string of the molecule is CC(NCc1cc2c(cc1Br)OCO2)C(=O)N(C)C. The van der Waals surface area contributed by atoms with Crippen LogP contribution in [0.2, 0.25) is 0 Å². The van der Waals surface area contributed by atoms with Crippen molar-refractivity contribution in [2.75, 3.05) is 20.9 Å². The summed E-state index contributed by atoms with van der Waals surface area (Å²) in [6.45, 7) is 2.69. The molecule has 6 heteroatoms. The van der Waals surface area contributed by atoms with Crippen molar-refractivity contribution < 1.29 is 14.3 Å². The van der Waals surface area contributed by atoms with Crippen LogP contribution in [0.4, 0.5) is 0 Å². The molecule has 0 radical (unpaired) electrons. The summed E-state index contributed by atoms with van der Waals surface area (Å²) in [6, 6.07) is 3.58. The van der Waals surface area contributed by atoms with Gasteiger partial charge in [0.1, 0.15) is 0 Å². The molecule has 19 heavy (non-hydrogen) atoms.